The Bertz CT molecular complexity index is 1220. The van der Waals surface area contributed by atoms with Crippen molar-refractivity contribution in [2.24, 2.45) is 5.73 Å². The molecule has 0 radical (unpaired) electrons. The topological polar surface area (TPSA) is 107 Å². The van der Waals surface area contributed by atoms with Gasteiger partial charge in [-0.1, -0.05) is 41.6 Å². The summed E-state index contributed by atoms with van der Waals surface area (Å²) in [4.78, 5) is 29.0. The Morgan fingerprint density at radius 3 is 2.54 bits per heavy atom. The van der Waals surface area contributed by atoms with E-state index in [0.29, 0.717) is 16.6 Å². The van der Waals surface area contributed by atoms with Gasteiger partial charge in [-0.05, 0) is 50.5 Å². The van der Waals surface area contributed by atoms with Crippen LogP contribution in [0, 0.1) is 6.92 Å². The van der Waals surface area contributed by atoms with Crippen LogP contribution in [-0.4, -0.2) is 58.1 Å². The van der Waals surface area contributed by atoms with Crippen LogP contribution in [0.1, 0.15) is 24.8 Å². The zero-order valence-electron chi connectivity index (χ0n) is 19.6. The molecular formula is C25H28N6O3S. The molecule has 3 aromatic rings. The van der Waals surface area contributed by atoms with E-state index in [0.717, 1.165) is 37.6 Å². The number of primary amides is 1. The van der Waals surface area contributed by atoms with Crippen LogP contribution in [0.3, 0.4) is 0 Å². The number of aromatic nitrogens is 3. The molecule has 2 aromatic carbocycles. The minimum absolute atomic E-state index is 0.0788. The Balaban J connectivity index is 1.40. The summed E-state index contributed by atoms with van der Waals surface area (Å²) in [5, 5.41) is 9.62. The fraction of sp³-hybridized carbons (Fsp3) is 0.360. The maximum Gasteiger partial charge on any atom is 0.260 e. The number of thioether (sulfide) groups is 1. The van der Waals surface area contributed by atoms with E-state index in [9.17, 15) is 9.59 Å². The Morgan fingerprint density at radius 1 is 1.06 bits per heavy atom. The van der Waals surface area contributed by atoms with Crippen molar-refractivity contribution in [3.8, 4) is 11.4 Å². The minimum Gasteiger partial charge on any atom is -0.477 e. The monoisotopic (exact) mass is 492 g/mol. The van der Waals surface area contributed by atoms with Gasteiger partial charge in [0.2, 0.25) is 11.9 Å². The number of para-hydroxylation sites is 2. The van der Waals surface area contributed by atoms with E-state index in [1.54, 1.807) is 23.1 Å². The van der Waals surface area contributed by atoms with Crippen molar-refractivity contribution in [2.45, 2.75) is 37.4 Å². The Morgan fingerprint density at radius 2 is 1.80 bits per heavy atom. The van der Waals surface area contributed by atoms with Gasteiger partial charge in [0.15, 0.2) is 11.3 Å². The van der Waals surface area contributed by atoms with Crippen molar-refractivity contribution in [1.82, 2.24) is 14.8 Å². The molecule has 2 amide bonds. The highest BCUT2D eigenvalue weighted by molar-refractivity contribution is 7.99. The van der Waals surface area contributed by atoms with Gasteiger partial charge in [0.05, 0.1) is 23.7 Å². The molecule has 0 aliphatic carbocycles. The van der Waals surface area contributed by atoms with Crippen LogP contribution >= 0.6 is 11.8 Å². The summed E-state index contributed by atoms with van der Waals surface area (Å²) in [7, 11) is 0. The normalized spacial score (nSPS) is 17.6. The van der Waals surface area contributed by atoms with Crippen LogP contribution in [0.15, 0.2) is 53.7 Å². The van der Waals surface area contributed by atoms with Crippen LogP contribution in [0.5, 0.6) is 5.75 Å². The van der Waals surface area contributed by atoms with Crippen LogP contribution in [0.25, 0.3) is 5.69 Å². The second-order valence-electron chi connectivity index (χ2n) is 8.77. The minimum atomic E-state index is -0.888. The van der Waals surface area contributed by atoms with E-state index >= 15 is 0 Å². The van der Waals surface area contributed by atoms with Crippen molar-refractivity contribution in [3.05, 3.63) is 54.1 Å². The van der Waals surface area contributed by atoms with Crippen molar-refractivity contribution in [2.75, 3.05) is 35.2 Å². The third-order valence-electron chi connectivity index (χ3n) is 6.26. The Kier molecular flexibility index (Phi) is 6.63. The number of carbonyl (C=O) groups excluding carboxylic acids is 2. The second-order valence-corrected chi connectivity index (χ2v) is 9.71. The number of hydrogen-bond donors (Lipinski definition) is 1. The summed E-state index contributed by atoms with van der Waals surface area (Å²) in [5.41, 5.74) is 8.24. The number of anilines is 2. The first-order valence-electron chi connectivity index (χ1n) is 11.8. The molecule has 10 heteroatoms. The van der Waals surface area contributed by atoms with Gasteiger partial charge in [-0.2, -0.15) is 0 Å². The van der Waals surface area contributed by atoms with E-state index in [4.69, 9.17) is 10.5 Å². The van der Waals surface area contributed by atoms with Crippen molar-refractivity contribution in [1.29, 1.82) is 0 Å². The van der Waals surface area contributed by atoms with Crippen LogP contribution in [0.4, 0.5) is 11.6 Å². The maximum absolute atomic E-state index is 13.3. The lowest BCUT2D eigenvalue weighted by Gasteiger charge is -2.33. The molecule has 0 saturated carbocycles. The average Bonchev–Trinajstić information content (AvgIpc) is 3.31. The maximum atomic E-state index is 13.3. The van der Waals surface area contributed by atoms with Gasteiger partial charge in [-0.25, -0.2) is 0 Å². The first-order chi connectivity index (χ1) is 17.0. The summed E-state index contributed by atoms with van der Waals surface area (Å²) in [6.45, 7) is 4.00. The lowest BCUT2D eigenvalue weighted by Crippen LogP contribution is -2.49. The summed E-state index contributed by atoms with van der Waals surface area (Å²) >= 11 is 1.33. The molecule has 35 heavy (non-hydrogen) atoms. The van der Waals surface area contributed by atoms with Gasteiger partial charge in [-0.3, -0.25) is 14.2 Å². The summed E-state index contributed by atoms with van der Waals surface area (Å²) in [6.07, 6.45) is 2.58. The van der Waals surface area contributed by atoms with E-state index in [1.807, 2.05) is 22.8 Å². The number of ether oxygens (including phenoxy) is 1. The lowest BCUT2D eigenvalue weighted by atomic mass is 10.1. The third kappa shape index (κ3) is 4.84. The molecule has 1 saturated heterocycles. The fourth-order valence-corrected chi connectivity index (χ4v) is 5.22. The van der Waals surface area contributed by atoms with Crippen LogP contribution < -0.4 is 20.3 Å². The number of aryl methyl sites for hydroxylation is 1. The van der Waals surface area contributed by atoms with Crippen LogP contribution in [-0.2, 0) is 9.59 Å². The number of carbonyl (C=O) groups is 2. The second kappa shape index (κ2) is 9.99. The van der Waals surface area contributed by atoms with Gasteiger partial charge in [0.1, 0.15) is 5.75 Å². The first kappa shape index (κ1) is 23.2. The zero-order valence-corrected chi connectivity index (χ0v) is 20.4. The molecule has 1 atom stereocenters. The fourth-order valence-electron chi connectivity index (χ4n) is 4.40. The smallest absolute Gasteiger partial charge is 0.260 e. The molecule has 2 aliphatic rings. The SMILES string of the molecule is Cc1ccc(-n2c(SCC(=O)N3C[C@@H](C(N)=O)Oc4ccccc43)nnc2N2CCCCC2)cc1. The molecule has 2 N–H and O–H groups in total. The highest BCUT2D eigenvalue weighted by atomic mass is 32.2. The Hall–Kier alpha value is -3.53. The van der Waals surface area contributed by atoms with Gasteiger partial charge in [-0.15, -0.1) is 10.2 Å². The van der Waals surface area contributed by atoms with Gasteiger partial charge in [0.25, 0.3) is 5.91 Å². The molecular weight excluding hydrogens is 464 g/mol. The molecule has 1 aromatic heterocycles. The molecule has 9 nitrogen and oxygen atoms in total. The largest absolute Gasteiger partial charge is 0.477 e. The number of nitrogens with two attached hydrogens (primary N) is 1. The average molecular weight is 493 g/mol. The predicted molar refractivity (Wildman–Crippen MR) is 135 cm³/mol. The quantitative estimate of drug-likeness (QED) is 0.527. The molecule has 1 fully saturated rings. The van der Waals surface area contributed by atoms with E-state index in [1.165, 1.54) is 23.7 Å². The lowest BCUT2D eigenvalue weighted by molar-refractivity contribution is -0.125. The van der Waals surface area contributed by atoms with Crippen molar-refractivity contribution in [3.63, 3.8) is 0 Å². The van der Waals surface area contributed by atoms with E-state index < -0.39 is 12.0 Å². The van der Waals surface area contributed by atoms with Gasteiger partial charge in [0, 0.05) is 13.1 Å². The molecule has 3 heterocycles. The molecule has 182 valence electrons. The standard InChI is InChI=1S/C25H28N6O3S/c1-17-9-11-18(12-10-17)31-24(29-13-5-2-6-14-29)27-28-25(31)35-16-22(32)30-15-21(23(26)33)34-20-8-4-3-7-19(20)30/h3-4,7-12,21H,2,5-6,13-16H2,1H3,(H2,26,33)/t21-/m0/s1. The highest BCUT2D eigenvalue weighted by Gasteiger charge is 2.33. The predicted octanol–water partition coefficient (Wildman–Crippen LogP) is 2.94. The van der Waals surface area contributed by atoms with E-state index in [2.05, 4.69) is 34.2 Å². The molecule has 0 unspecified atom stereocenters. The zero-order chi connectivity index (χ0) is 24.4. The molecule has 5 rings (SSSR count). The van der Waals surface area contributed by atoms with Crippen molar-refractivity contribution < 1.29 is 14.3 Å². The number of hydrogen-bond acceptors (Lipinski definition) is 7. The first-order valence-corrected chi connectivity index (χ1v) is 12.8. The van der Waals surface area contributed by atoms with Crippen molar-refractivity contribution >= 4 is 35.2 Å². The molecule has 0 spiro atoms. The molecule has 2 aliphatic heterocycles. The number of rotatable bonds is 6. The molecule has 0 bridgehead atoms. The number of piperidine rings is 1. The Labute approximate surface area is 208 Å². The number of amides is 2. The number of benzene rings is 2. The number of fused-ring (bicyclic) bond motifs is 1. The highest BCUT2D eigenvalue weighted by Crippen LogP contribution is 2.34. The van der Waals surface area contributed by atoms with Gasteiger partial charge < -0.3 is 20.3 Å². The summed E-state index contributed by atoms with van der Waals surface area (Å²) < 4.78 is 7.72. The third-order valence-corrected chi connectivity index (χ3v) is 7.18. The summed E-state index contributed by atoms with van der Waals surface area (Å²) in [5.74, 6) is 0.638. The van der Waals surface area contributed by atoms with Gasteiger partial charge >= 0.3 is 0 Å². The van der Waals surface area contributed by atoms with E-state index in [-0.39, 0.29) is 18.2 Å². The van der Waals surface area contributed by atoms with Crippen LogP contribution in [0.2, 0.25) is 0 Å². The number of nitrogens with zero attached hydrogens (tertiary/aromatic N) is 5. The summed E-state index contributed by atoms with van der Waals surface area (Å²) in [6, 6.07) is 15.4.